The van der Waals surface area contributed by atoms with Gasteiger partial charge in [0.1, 0.15) is 11.7 Å². The lowest BCUT2D eigenvalue weighted by molar-refractivity contribution is 0.208. The zero-order valence-corrected chi connectivity index (χ0v) is 9.46. The van der Waals surface area contributed by atoms with Crippen molar-refractivity contribution in [2.45, 2.75) is 6.92 Å². The van der Waals surface area contributed by atoms with Crippen molar-refractivity contribution in [2.75, 3.05) is 20.3 Å². The van der Waals surface area contributed by atoms with Crippen LogP contribution in [0.25, 0.3) is 0 Å². The van der Waals surface area contributed by atoms with Crippen molar-refractivity contribution in [2.24, 2.45) is 10.8 Å². The Bertz CT molecular complexity index is 379. The number of nitrogens with two attached hydrogens (primary N) is 1. The lowest BCUT2D eigenvalue weighted by Crippen LogP contribution is -2.32. The van der Waals surface area contributed by atoms with Gasteiger partial charge in [-0.3, -0.25) is 4.99 Å². The quantitative estimate of drug-likeness (QED) is 0.264. The third kappa shape index (κ3) is 3.29. The molecular formula is C11H16FN3O. The van der Waals surface area contributed by atoms with Crippen LogP contribution in [-0.4, -0.2) is 26.1 Å². The van der Waals surface area contributed by atoms with Crippen LogP contribution in [0.5, 0.6) is 0 Å². The fourth-order valence-electron chi connectivity index (χ4n) is 1.35. The molecule has 0 aliphatic rings. The first kappa shape index (κ1) is 12.6. The first-order valence-electron chi connectivity index (χ1n) is 4.95. The smallest absolute Gasteiger partial charge is 0.142 e. The van der Waals surface area contributed by atoms with Gasteiger partial charge in [0.15, 0.2) is 0 Å². The van der Waals surface area contributed by atoms with E-state index in [9.17, 15) is 4.39 Å². The second-order valence-corrected chi connectivity index (χ2v) is 3.33. The van der Waals surface area contributed by atoms with Gasteiger partial charge in [0.2, 0.25) is 0 Å². The second kappa shape index (κ2) is 6.19. The highest BCUT2D eigenvalue weighted by Gasteiger charge is 2.05. The van der Waals surface area contributed by atoms with Gasteiger partial charge in [0.05, 0.1) is 13.2 Å². The van der Waals surface area contributed by atoms with Gasteiger partial charge in [-0.2, -0.15) is 0 Å². The number of hydrogen-bond acceptors (Lipinski definition) is 3. The van der Waals surface area contributed by atoms with E-state index in [2.05, 4.69) is 10.4 Å². The largest absolute Gasteiger partial charge is 0.383 e. The third-order valence-electron chi connectivity index (χ3n) is 2.15. The van der Waals surface area contributed by atoms with Crippen LogP contribution in [0.3, 0.4) is 0 Å². The third-order valence-corrected chi connectivity index (χ3v) is 2.15. The van der Waals surface area contributed by atoms with E-state index in [1.165, 1.54) is 12.1 Å². The molecule has 0 amide bonds. The van der Waals surface area contributed by atoms with Gasteiger partial charge >= 0.3 is 0 Å². The standard InChI is InChI=1S/C11H16FN3O/c1-8-7-9(12)3-4-10(8)11(15-13)14-5-6-16-2/h3-4,7H,5-6,13H2,1-2H3,(H,14,15). The number of hydrazine groups is 1. The lowest BCUT2D eigenvalue weighted by atomic mass is 10.1. The molecule has 0 aromatic heterocycles. The summed E-state index contributed by atoms with van der Waals surface area (Å²) in [5, 5.41) is 0. The Hall–Kier alpha value is -1.46. The maximum absolute atomic E-state index is 12.9. The van der Waals surface area contributed by atoms with Gasteiger partial charge in [0, 0.05) is 12.7 Å². The molecule has 0 aliphatic heterocycles. The molecular weight excluding hydrogens is 209 g/mol. The predicted octanol–water partition coefficient (Wildman–Crippen LogP) is 0.990. The molecule has 1 aromatic carbocycles. The van der Waals surface area contributed by atoms with Crippen LogP contribution in [0.1, 0.15) is 11.1 Å². The number of ether oxygens (including phenoxy) is 1. The van der Waals surface area contributed by atoms with Crippen molar-refractivity contribution in [3.63, 3.8) is 0 Å². The molecule has 0 saturated heterocycles. The number of aliphatic imine (C=N–C) groups is 1. The average molecular weight is 225 g/mol. The Morgan fingerprint density at radius 3 is 2.88 bits per heavy atom. The summed E-state index contributed by atoms with van der Waals surface area (Å²) < 4.78 is 17.8. The monoisotopic (exact) mass is 225 g/mol. The summed E-state index contributed by atoms with van der Waals surface area (Å²) in [4.78, 5) is 4.23. The van der Waals surface area contributed by atoms with E-state index < -0.39 is 0 Å². The van der Waals surface area contributed by atoms with Gasteiger partial charge in [-0.15, -0.1) is 0 Å². The van der Waals surface area contributed by atoms with Gasteiger partial charge in [0.25, 0.3) is 0 Å². The van der Waals surface area contributed by atoms with Crippen LogP contribution in [0, 0.1) is 12.7 Å². The van der Waals surface area contributed by atoms with E-state index in [4.69, 9.17) is 10.6 Å². The first-order valence-corrected chi connectivity index (χ1v) is 4.95. The zero-order valence-electron chi connectivity index (χ0n) is 9.46. The van der Waals surface area contributed by atoms with Crippen LogP contribution < -0.4 is 11.3 Å². The van der Waals surface area contributed by atoms with Crippen LogP contribution in [0.15, 0.2) is 23.2 Å². The van der Waals surface area contributed by atoms with Crippen molar-refractivity contribution in [1.29, 1.82) is 0 Å². The molecule has 5 heteroatoms. The number of methoxy groups -OCH3 is 1. The molecule has 0 atom stereocenters. The number of nitrogens with one attached hydrogen (secondary N) is 1. The normalized spacial score (nSPS) is 11.6. The van der Waals surface area contributed by atoms with Gasteiger partial charge in [-0.25, -0.2) is 10.2 Å². The van der Waals surface area contributed by atoms with Crippen molar-refractivity contribution in [3.05, 3.63) is 35.1 Å². The summed E-state index contributed by atoms with van der Waals surface area (Å²) in [6.45, 7) is 2.83. The van der Waals surface area contributed by atoms with Gasteiger partial charge < -0.3 is 10.2 Å². The van der Waals surface area contributed by atoms with E-state index in [0.29, 0.717) is 19.0 Å². The Morgan fingerprint density at radius 2 is 2.31 bits per heavy atom. The molecule has 88 valence electrons. The van der Waals surface area contributed by atoms with Crippen LogP contribution in [0.4, 0.5) is 4.39 Å². The van der Waals surface area contributed by atoms with Crippen molar-refractivity contribution < 1.29 is 9.13 Å². The fraction of sp³-hybridized carbons (Fsp3) is 0.364. The zero-order chi connectivity index (χ0) is 12.0. The molecule has 4 nitrogen and oxygen atoms in total. The van der Waals surface area contributed by atoms with Gasteiger partial charge in [-0.05, 0) is 30.7 Å². The van der Waals surface area contributed by atoms with E-state index in [1.54, 1.807) is 13.2 Å². The Balaban J connectivity index is 2.90. The molecule has 0 bridgehead atoms. The van der Waals surface area contributed by atoms with Crippen molar-refractivity contribution in [3.8, 4) is 0 Å². The maximum atomic E-state index is 12.9. The van der Waals surface area contributed by atoms with E-state index in [0.717, 1.165) is 11.1 Å². The minimum Gasteiger partial charge on any atom is -0.383 e. The number of halogens is 1. The van der Waals surface area contributed by atoms with E-state index >= 15 is 0 Å². The predicted molar refractivity (Wildman–Crippen MR) is 61.7 cm³/mol. The minimum absolute atomic E-state index is 0.269. The number of rotatable bonds is 4. The molecule has 3 N–H and O–H groups in total. The Kier molecular flexibility index (Phi) is 4.88. The van der Waals surface area contributed by atoms with Crippen LogP contribution in [-0.2, 0) is 4.74 Å². The summed E-state index contributed by atoms with van der Waals surface area (Å²) in [6.07, 6.45) is 0. The number of aryl methyl sites for hydroxylation is 1. The highest BCUT2D eigenvalue weighted by atomic mass is 19.1. The minimum atomic E-state index is -0.269. The molecule has 1 rings (SSSR count). The molecule has 1 aromatic rings. The molecule has 0 fully saturated rings. The summed E-state index contributed by atoms with van der Waals surface area (Å²) in [6, 6.07) is 4.47. The first-order chi connectivity index (χ1) is 7.69. The SMILES string of the molecule is COCCN=C(NN)c1ccc(F)cc1C. The highest BCUT2D eigenvalue weighted by Crippen LogP contribution is 2.10. The molecule has 0 spiro atoms. The summed E-state index contributed by atoms with van der Waals surface area (Å²) in [5.41, 5.74) is 4.09. The summed E-state index contributed by atoms with van der Waals surface area (Å²) in [5.74, 6) is 5.65. The van der Waals surface area contributed by atoms with Crippen LogP contribution in [0.2, 0.25) is 0 Å². The molecule has 0 radical (unpaired) electrons. The number of nitrogens with zero attached hydrogens (tertiary/aromatic N) is 1. The molecule has 0 aliphatic carbocycles. The molecule has 0 heterocycles. The molecule has 0 unspecified atom stereocenters. The van der Waals surface area contributed by atoms with E-state index in [1.807, 2.05) is 6.92 Å². The topological polar surface area (TPSA) is 59.6 Å². The summed E-state index contributed by atoms with van der Waals surface area (Å²) in [7, 11) is 1.61. The Labute approximate surface area is 94.3 Å². The van der Waals surface area contributed by atoms with Gasteiger partial charge in [-0.1, -0.05) is 0 Å². The number of hydrogen-bond donors (Lipinski definition) is 2. The van der Waals surface area contributed by atoms with Crippen molar-refractivity contribution in [1.82, 2.24) is 5.43 Å². The second-order valence-electron chi connectivity index (χ2n) is 3.33. The number of benzene rings is 1. The fourth-order valence-corrected chi connectivity index (χ4v) is 1.35. The van der Waals surface area contributed by atoms with Crippen molar-refractivity contribution >= 4 is 5.84 Å². The molecule has 0 saturated carbocycles. The van der Waals surface area contributed by atoms with E-state index in [-0.39, 0.29) is 5.82 Å². The van der Waals surface area contributed by atoms with Crippen LogP contribution >= 0.6 is 0 Å². The average Bonchev–Trinajstić information content (AvgIpc) is 2.26. The maximum Gasteiger partial charge on any atom is 0.142 e. The Morgan fingerprint density at radius 1 is 1.56 bits per heavy atom. The highest BCUT2D eigenvalue weighted by molar-refractivity contribution is 5.99. The molecule has 16 heavy (non-hydrogen) atoms. The number of amidine groups is 1. The lowest BCUT2D eigenvalue weighted by Gasteiger charge is -2.09. The summed E-state index contributed by atoms with van der Waals surface area (Å²) >= 11 is 0.